The van der Waals surface area contributed by atoms with Gasteiger partial charge in [-0.15, -0.1) is 0 Å². The third-order valence-corrected chi connectivity index (χ3v) is 4.60. The van der Waals surface area contributed by atoms with Crippen LogP contribution < -0.4 is 0 Å². The van der Waals surface area contributed by atoms with Gasteiger partial charge in [-0.25, -0.2) is 0 Å². The van der Waals surface area contributed by atoms with Crippen molar-refractivity contribution in [1.82, 2.24) is 4.90 Å². The van der Waals surface area contributed by atoms with Crippen LogP contribution in [0.25, 0.3) is 11.3 Å². The van der Waals surface area contributed by atoms with Crippen molar-refractivity contribution in [3.05, 3.63) is 47.7 Å². The lowest BCUT2D eigenvalue weighted by molar-refractivity contribution is -0.141. The molecular weight excluding hydrogens is 318 g/mol. The topological polar surface area (TPSA) is 70.8 Å². The lowest BCUT2D eigenvalue weighted by Gasteiger charge is -2.23. The molecule has 1 aromatic heterocycles. The molecule has 3 rings (SSSR count). The van der Waals surface area contributed by atoms with Gasteiger partial charge in [0.05, 0.1) is 5.92 Å². The molecule has 1 aliphatic rings. The van der Waals surface area contributed by atoms with Gasteiger partial charge in [-0.2, -0.15) is 0 Å². The van der Waals surface area contributed by atoms with Crippen molar-refractivity contribution >= 4 is 11.9 Å². The first-order valence-electron chi connectivity index (χ1n) is 8.72. The molecule has 1 aliphatic carbocycles. The molecule has 5 nitrogen and oxygen atoms in total. The zero-order chi connectivity index (χ0) is 18.0. The second-order valence-corrected chi connectivity index (χ2v) is 6.64. The maximum atomic E-state index is 12.8. The van der Waals surface area contributed by atoms with Crippen LogP contribution >= 0.6 is 0 Å². The van der Waals surface area contributed by atoms with E-state index in [2.05, 4.69) is 6.92 Å². The fraction of sp³-hybridized carbons (Fsp3) is 0.400. The van der Waals surface area contributed by atoms with Crippen molar-refractivity contribution in [3.63, 3.8) is 0 Å². The normalized spacial score (nSPS) is 15.0. The highest BCUT2D eigenvalue weighted by Crippen LogP contribution is 2.30. The third kappa shape index (κ3) is 3.92. The van der Waals surface area contributed by atoms with Gasteiger partial charge in [0, 0.05) is 18.2 Å². The van der Waals surface area contributed by atoms with Gasteiger partial charge in [0.15, 0.2) is 5.76 Å². The molecule has 25 heavy (non-hydrogen) atoms. The van der Waals surface area contributed by atoms with Gasteiger partial charge < -0.3 is 14.4 Å². The van der Waals surface area contributed by atoms with E-state index in [1.54, 1.807) is 24.0 Å². The van der Waals surface area contributed by atoms with Crippen LogP contribution in [0.15, 0.2) is 40.8 Å². The molecule has 1 saturated carbocycles. The zero-order valence-corrected chi connectivity index (χ0v) is 14.6. The van der Waals surface area contributed by atoms with Gasteiger partial charge in [-0.05, 0) is 37.0 Å². The maximum Gasteiger partial charge on any atom is 0.308 e. The number of furan rings is 1. The van der Waals surface area contributed by atoms with Crippen LogP contribution in [0.4, 0.5) is 0 Å². The number of rotatable bonds is 7. The number of amides is 1. The minimum Gasteiger partial charge on any atom is -0.481 e. The Morgan fingerprint density at radius 3 is 2.44 bits per heavy atom. The first kappa shape index (κ1) is 17.3. The Bertz CT molecular complexity index is 758. The first-order valence-corrected chi connectivity index (χ1v) is 8.72. The highest BCUT2D eigenvalue weighted by molar-refractivity contribution is 5.93. The van der Waals surface area contributed by atoms with Gasteiger partial charge in [0.2, 0.25) is 0 Å². The molecule has 1 amide bonds. The van der Waals surface area contributed by atoms with E-state index in [1.807, 2.05) is 24.3 Å². The molecule has 0 radical (unpaired) electrons. The molecule has 2 aromatic rings. The predicted octanol–water partition coefficient (Wildman–Crippen LogP) is 3.83. The Kier molecular flexibility index (Phi) is 4.93. The summed E-state index contributed by atoms with van der Waals surface area (Å²) in [7, 11) is 0. The number of hydrogen-bond acceptors (Lipinski definition) is 3. The summed E-state index contributed by atoms with van der Waals surface area (Å²) in [5.74, 6) is -0.811. The van der Waals surface area contributed by atoms with Gasteiger partial charge >= 0.3 is 5.97 Å². The first-order chi connectivity index (χ1) is 12.0. The Hall–Kier alpha value is -2.56. The number of benzene rings is 1. The van der Waals surface area contributed by atoms with Crippen LogP contribution in [0.5, 0.6) is 0 Å². The number of aliphatic carboxylic acids is 1. The average molecular weight is 341 g/mol. The van der Waals surface area contributed by atoms with Crippen LogP contribution in [-0.2, 0) is 11.2 Å². The molecule has 1 atom stereocenters. The highest BCUT2D eigenvalue weighted by Gasteiger charge is 2.36. The summed E-state index contributed by atoms with van der Waals surface area (Å²) in [4.78, 5) is 25.5. The van der Waals surface area contributed by atoms with E-state index >= 15 is 0 Å². The van der Waals surface area contributed by atoms with E-state index < -0.39 is 11.9 Å². The maximum absolute atomic E-state index is 12.8. The van der Waals surface area contributed by atoms with Crippen LogP contribution in [-0.4, -0.2) is 34.5 Å². The molecule has 0 saturated heterocycles. The molecule has 1 N–H and O–H groups in total. The van der Waals surface area contributed by atoms with Crippen molar-refractivity contribution in [3.8, 4) is 11.3 Å². The van der Waals surface area contributed by atoms with Crippen molar-refractivity contribution < 1.29 is 19.1 Å². The summed E-state index contributed by atoms with van der Waals surface area (Å²) in [6, 6.07) is 11.7. The third-order valence-electron chi connectivity index (χ3n) is 4.60. The molecule has 1 unspecified atom stereocenters. The highest BCUT2D eigenvalue weighted by atomic mass is 16.4. The number of carboxylic acid groups (broad SMARTS) is 1. The average Bonchev–Trinajstić information content (AvgIpc) is 3.34. The SMILES string of the molecule is CCc1ccc(-c2ccc(C(=O)N(CC(C)C(=O)O)C3CC3)o2)cc1. The second-order valence-electron chi connectivity index (χ2n) is 6.64. The fourth-order valence-electron chi connectivity index (χ4n) is 2.81. The largest absolute Gasteiger partial charge is 0.481 e. The Morgan fingerprint density at radius 2 is 1.88 bits per heavy atom. The number of nitrogens with zero attached hydrogens (tertiary/aromatic N) is 1. The van der Waals surface area contributed by atoms with E-state index in [4.69, 9.17) is 9.52 Å². The van der Waals surface area contributed by atoms with Crippen LogP contribution in [0, 0.1) is 5.92 Å². The number of carboxylic acids is 1. The Labute approximate surface area is 147 Å². The molecule has 1 aromatic carbocycles. The van der Waals surface area contributed by atoms with Crippen LogP contribution in [0.1, 0.15) is 42.8 Å². The number of carbonyl (C=O) groups excluding carboxylic acids is 1. The molecular formula is C20H23NO4. The quantitative estimate of drug-likeness (QED) is 0.831. The van der Waals surface area contributed by atoms with E-state index in [9.17, 15) is 9.59 Å². The van der Waals surface area contributed by atoms with Gasteiger partial charge in [0.25, 0.3) is 5.91 Å². The van der Waals surface area contributed by atoms with Crippen molar-refractivity contribution in [2.24, 2.45) is 5.92 Å². The minimum atomic E-state index is -0.894. The van der Waals surface area contributed by atoms with Crippen LogP contribution in [0.3, 0.4) is 0 Å². The standard InChI is InChI=1S/C20H23NO4/c1-3-14-4-6-15(7-5-14)17-10-11-18(25-17)19(22)21(16-8-9-16)12-13(2)20(23)24/h4-7,10-11,13,16H,3,8-9,12H2,1-2H3,(H,23,24). The molecule has 1 fully saturated rings. The lowest BCUT2D eigenvalue weighted by Crippen LogP contribution is -2.38. The number of aryl methyl sites for hydroxylation is 1. The van der Waals surface area contributed by atoms with Crippen molar-refractivity contribution in [2.75, 3.05) is 6.54 Å². The summed E-state index contributed by atoms with van der Waals surface area (Å²) in [6.45, 7) is 3.93. The molecule has 0 bridgehead atoms. The molecule has 132 valence electrons. The predicted molar refractivity (Wildman–Crippen MR) is 94.4 cm³/mol. The van der Waals surface area contributed by atoms with Gasteiger partial charge in [-0.3, -0.25) is 9.59 Å². The fourth-order valence-corrected chi connectivity index (χ4v) is 2.81. The smallest absolute Gasteiger partial charge is 0.308 e. The molecule has 1 heterocycles. The summed E-state index contributed by atoms with van der Waals surface area (Å²) in [5, 5.41) is 9.12. The molecule has 0 spiro atoms. The number of carbonyl (C=O) groups is 2. The van der Waals surface area contributed by atoms with E-state index in [1.165, 1.54) is 5.56 Å². The lowest BCUT2D eigenvalue weighted by atomic mass is 10.1. The summed E-state index contributed by atoms with van der Waals surface area (Å²) in [6.07, 6.45) is 2.81. The zero-order valence-electron chi connectivity index (χ0n) is 14.6. The minimum absolute atomic E-state index is 0.131. The molecule has 0 aliphatic heterocycles. The van der Waals surface area contributed by atoms with Crippen LogP contribution in [0.2, 0.25) is 0 Å². The van der Waals surface area contributed by atoms with Crippen molar-refractivity contribution in [2.45, 2.75) is 39.2 Å². The second kappa shape index (κ2) is 7.13. The van der Waals surface area contributed by atoms with E-state index in [0.717, 1.165) is 24.8 Å². The summed E-state index contributed by atoms with van der Waals surface area (Å²) in [5.41, 5.74) is 2.17. The van der Waals surface area contributed by atoms with Gasteiger partial charge in [0.1, 0.15) is 5.76 Å². The summed E-state index contributed by atoms with van der Waals surface area (Å²) >= 11 is 0. The summed E-state index contributed by atoms with van der Waals surface area (Å²) < 4.78 is 5.77. The monoisotopic (exact) mass is 341 g/mol. The van der Waals surface area contributed by atoms with Gasteiger partial charge in [-0.1, -0.05) is 38.1 Å². The molecule has 5 heteroatoms. The Morgan fingerprint density at radius 1 is 1.20 bits per heavy atom. The Balaban J connectivity index is 1.77. The van der Waals surface area contributed by atoms with Crippen molar-refractivity contribution in [1.29, 1.82) is 0 Å². The van der Waals surface area contributed by atoms with E-state index in [-0.39, 0.29) is 24.3 Å². The van der Waals surface area contributed by atoms with E-state index in [0.29, 0.717) is 5.76 Å². The number of hydrogen-bond donors (Lipinski definition) is 1.